The standard InChI is InChI=1S/C24H17N/c1-2-8-17(9-3-1)24-22(14-7-15-25-24)21-13-6-12-20-19-11-5-4-10-18(19)16-23(20)21/h1-15H,16H2. The first-order chi connectivity index (χ1) is 12.4. The molecule has 0 unspecified atom stereocenters. The summed E-state index contributed by atoms with van der Waals surface area (Å²) in [6, 6.07) is 30.0. The lowest BCUT2D eigenvalue weighted by Crippen LogP contribution is -1.93. The quantitative estimate of drug-likeness (QED) is 0.389. The molecule has 4 aromatic rings. The number of nitrogens with zero attached hydrogens (tertiary/aromatic N) is 1. The van der Waals surface area contributed by atoms with Crippen LogP contribution in [0.2, 0.25) is 0 Å². The molecule has 1 heterocycles. The van der Waals surface area contributed by atoms with E-state index in [2.05, 4.69) is 72.8 Å². The predicted molar refractivity (Wildman–Crippen MR) is 103 cm³/mol. The molecule has 0 spiro atoms. The van der Waals surface area contributed by atoms with Gasteiger partial charge in [0.15, 0.2) is 0 Å². The highest BCUT2D eigenvalue weighted by Crippen LogP contribution is 2.43. The second kappa shape index (κ2) is 5.71. The lowest BCUT2D eigenvalue weighted by Gasteiger charge is -2.13. The van der Waals surface area contributed by atoms with Gasteiger partial charge in [0.2, 0.25) is 0 Å². The molecule has 0 N–H and O–H groups in total. The summed E-state index contributed by atoms with van der Waals surface area (Å²) in [6.07, 6.45) is 2.87. The molecule has 1 aromatic heterocycles. The van der Waals surface area contributed by atoms with Gasteiger partial charge in [0, 0.05) is 17.3 Å². The third-order valence-electron chi connectivity index (χ3n) is 5.00. The first kappa shape index (κ1) is 14.2. The zero-order chi connectivity index (χ0) is 16.6. The van der Waals surface area contributed by atoms with E-state index in [1.54, 1.807) is 0 Å². The lowest BCUT2D eigenvalue weighted by molar-refractivity contribution is 1.25. The van der Waals surface area contributed by atoms with Crippen molar-refractivity contribution in [2.24, 2.45) is 0 Å². The Balaban J connectivity index is 1.73. The van der Waals surface area contributed by atoms with Crippen LogP contribution in [0.15, 0.2) is 91.1 Å². The first-order valence-corrected chi connectivity index (χ1v) is 8.63. The van der Waals surface area contributed by atoms with Crippen LogP contribution in [-0.2, 0) is 6.42 Å². The van der Waals surface area contributed by atoms with Gasteiger partial charge in [-0.2, -0.15) is 0 Å². The van der Waals surface area contributed by atoms with Crippen LogP contribution in [0.1, 0.15) is 11.1 Å². The van der Waals surface area contributed by atoms with Crippen molar-refractivity contribution in [3.05, 3.63) is 102 Å². The number of fused-ring (bicyclic) bond motifs is 3. The van der Waals surface area contributed by atoms with E-state index in [1.165, 1.54) is 33.4 Å². The van der Waals surface area contributed by atoms with Gasteiger partial charge < -0.3 is 0 Å². The third-order valence-corrected chi connectivity index (χ3v) is 5.00. The van der Waals surface area contributed by atoms with Crippen molar-refractivity contribution >= 4 is 0 Å². The summed E-state index contributed by atoms with van der Waals surface area (Å²) in [5.74, 6) is 0. The summed E-state index contributed by atoms with van der Waals surface area (Å²) in [5.41, 5.74) is 10.3. The molecule has 0 saturated heterocycles. The Morgan fingerprint density at radius 3 is 2.12 bits per heavy atom. The van der Waals surface area contributed by atoms with E-state index < -0.39 is 0 Å². The Morgan fingerprint density at radius 2 is 1.24 bits per heavy atom. The molecule has 1 nitrogen and oxygen atoms in total. The van der Waals surface area contributed by atoms with Crippen LogP contribution in [0.25, 0.3) is 33.5 Å². The molecule has 0 fully saturated rings. The number of aromatic nitrogens is 1. The normalized spacial score (nSPS) is 11.8. The fraction of sp³-hybridized carbons (Fsp3) is 0.0417. The van der Waals surface area contributed by atoms with Gasteiger partial charge in [-0.05, 0) is 40.3 Å². The second-order valence-corrected chi connectivity index (χ2v) is 6.43. The molecule has 0 atom stereocenters. The number of pyridine rings is 1. The van der Waals surface area contributed by atoms with Crippen molar-refractivity contribution in [2.75, 3.05) is 0 Å². The molecule has 1 aliphatic carbocycles. The Kier molecular flexibility index (Phi) is 3.24. The monoisotopic (exact) mass is 319 g/mol. The van der Waals surface area contributed by atoms with Gasteiger partial charge in [-0.15, -0.1) is 0 Å². The smallest absolute Gasteiger partial charge is 0.0780 e. The maximum absolute atomic E-state index is 4.70. The topological polar surface area (TPSA) is 12.9 Å². The van der Waals surface area contributed by atoms with Gasteiger partial charge in [0.05, 0.1) is 5.69 Å². The van der Waals surface area contributed by atoms with E-state index >= 15 is 0 Å². The van der Waals surface area contributed by atoms with Crippen LogP contribution in [0.5, 0.6) is 0 Å². The maximum atomic E-state index is 4.70. The van der Waals surface area contributed by atoms with Crippen molar-refractivity contribution < 1.29 is 0 Å². The van der Waals surface area contributed by atoms with E-state index in [0.29, 0.717) is 0 Å². The van der Waals surface area contributed by atoms with Crippen molar-refractivity contribution in [3.63, 3.8) is 0 Å². The van der Waals surface area contributed by atoms with E-state index in [0.717, 1.165) is 17.7 Å². The molecule has 0 amide bonds. The molecule has 3 aromatic carbocycles. The van der Waals surface area contributed by atoms with E-state index in [9.17, 15) is 0 Å². The average molecular weight is 319 g/mol. The molecule has 25 heavy (non-hydrogen) atoms. The second-order valence-electron chi connectivity index (χ2n) is 6.43. The fourth-order valence-electron chi connectivity index (χ4n) is 3.86. The zero-order valence-corrected chi connectivity index (χ0v) is 13.8. The summed E-state index contributed by atoms with van der Waals surface area (Å²) in [5, 5.41) is 0. The molecular formula is C24H17N. The third kappa shape index (κ3) is 2.28. The van der Waals surface area contributed by atoms with Crippen molar-refractivity contribution in [1.29, 1.82) is 0 Å². The fourth-order valence-corrected chi connectivity index (χ4v) is 3.86. The molecule has 0 bridgehead atoms. The van der Waals surface area contributed by atoms with Crippen LogP contribution < -0.4 is 0 Å². The Labute approximate surface area is 147 Å². The molecule has 0 radical (unpaired) electrons. The molecule has 118 valence electrons. The van der Waals surface area contributed by atoms with E-state index in [1.807, 2.05) is 18.3 Å². The molecule has 1 aliphatic rings. The molecule has 5 rings (SSSR count). The van der Waals surface area contributed by atoms with Gasteiger partial charge in [-0.3, -0.25) is 4.98 Å². The Morgan fingerprint density at radius 1 is 0.560 bits per heavy atom. The van der Waals surface area contributed by atoms with Crippen molar-refractivity contribution in [2.45, 2.75) is 6.42 Å². The van der Waals surface area contributed by atoms with Gasteiger partial charge in [0.25, 0.3) is 0 Å². The first-order valence-electron chi connectivity index (χ1n) is 8.63. The summed E-state index contributed by atoms with van der Waals surface area (Å²) in [7, 11) is 0. The highest BCUT2D eigenvalue weighted by molar-refractivity contribution is 5.89. The molecule has 0 aliphatic heterocycles. The number of hydrogen-bond acceptors (Lipinski definition) is 1. The Bertz CT molecular complexity index is 1060. The van der Waals surface area contributed by atoms with Crippen molar-refractivity contribution in [1.82, 2.24) is 4.98 Å². The maximum Gasteiger partial charge on any atom is 0.0780 e. The largest absolute Gasteiger partial charge is 0.256 e. The molecule has 1 heteroatoms. The summed E-state index contributed by atoms with van der Waals surface area (Å²) >= 11 is 0. The number of rotatable bonds is 2. The highest BCUT2D eigenvalue weighted by atomic mass is 14.7. The van der Waals surface area contributed by atoms with E-state index in [-0.39, 0.29) is 0 Å². The van der Waals surface area contributed by atoms with Gasteiger partial charge in [-0.25, -0.2) is 0 Å². The van der Waals surface area contributed by atoms with Gasteiger partial charge in [0.1, 0.15) is 0 Å². The summed E-state index contributed by atoms with van der Waals surface area (Å²) < 4.78 is 0. The lowest BCUT2D eigenvalue weighted by atomic mass is 9.93. The number of benzene rings is 3. The van der Waals surface area contributed by atoms with Gasteiger partial charge >= 0.3 is 0 Å². The van der Waals surface area contributed by atoms with Crippen LogP contribution in [0.3, 0.4) is 0 Å². The Hall–Kier alpha value is -3.19. The molecular weight excluding hydrogens is 302 g/mol. The minimum absolute atomic E-state index is 0.991. The minimum atomic E-state index is 0.991. The number of hydrogen-bond donors (Lipinski definition) is 0. The highest BCUT2D eigenvalue weighted by Gasteiger charge is 2.22. The predicted octanol–water partition coefficient (Wildman–Crippen LogP) is 5.99. The summed E-state index contributed by atoms with van der Waals surface area (Å²) in [4.78, 5) is 4.70. The van der Waals surface area contributed by atoms with Crippen LogP contribution >= 0.6 is 0 Å². The SMILES string of the molecule is c1ccc(-c2ncccc2-c2cccc3c2Cc2ccccc2-3)cc1. The van der Waals surface area contributed by atoms with Crippen LogP contribution in [0, 0.1) is 0 Å². The zero-order valence-electron chi connectivity index (χ0n) is 13.8. The van der Waals surface area contributed by atoms with Crippen LogP contribution in [0.4, 0.5) is 0 Å². The van der Waals surface area contributed by atoms with Gasteiger partial charge in [-0.1, -0.05) is 78.9 Å². The molecule has 0 saturated carbocycles. The van der Waals surface area contributed by atoms with Crippen LogP contribution in [-0.4, -0.2) is 4.98 Å². The van der Waals surface area contributed by atoms with E-state index in [4.69, 9.17) is 4.98 Å². The van der Waals surface area contributed by atoms with Crippen molar-refractivity contribution in [3.8, 4) is 33.5 Å². The minimum Gasteiger partial charge on any atom is -0.256 e. The average Bonchev–Trinajstić information content (AvgIpc) is 3.07. The summed E-state index contributed by atoms with van der Waals surface area (Å²) in [6.45, 7) is 0.